The lowest BCUT2D eigenvalue weighted by Gasteiger charge is -2.18. The smallest absolute Gasteiger partial charge is 0.330 e. The Bertz CT molecular complexity index is 466. The van der Waals surface area contributed by atoms with E-state index in [1.54, 1.807) is 6.07 Å². The Kier molecular flexibility index (Phi) is 3.89. The van der Waals surface area contributed by atoms with Crippen molar-refractivity contribution in [3.05, 3.63) is 34.4 Å². The maximum Gasteiger partial charge on any atom is 0.330 e. The molecule has 0 aliphatic carbocycles. The van der Waals surface area contributed by atoms with Gasteiger partial charge in [0, 0.05) is 6.92 Å². The van der Waals surface area contributed by atoms with Gasteiger partial charge in [0.2, 0.25) is 5.91 Å². The summed E-state index contributed by atoms with van der Waals surface area (Å²) in [7, 11) is 0. The lowest BCUT2D eigenvalue weighted by atomic mass is 9.94. The summed E-state index contributed by atoms with van der Waals surface area (Å²) in [6, 6.07) is 2.65. The Hall–Kier alpha value is -1.84. The summed E-state index contributed by atoms with van der Waals surface area (Å²) in [5.41, 5.74) is 3.71. The number of hydrogen-bond acceptors (Lipinski definition) is 2. The Morgan fingerprint density at radius 2 is 1.76 bits per heavy atom. The zero-order valence-electron chi connectivity index (χ0n) is 10.5. The molecule has 0 radical (unpaired) electrons. The highest BCUT2D eigenvalue weighted by Crippen LogP contribution is 2.23. The highest BCUT2D eigenvalue weighted by atomic mass is 16.4. The van der Waals surface area contributed by atoms with Gasteiger partial charge in [-0.05, 0) is 43.0 Å². The fraction of sp³-hybridized carbons (Fsp3) is 0.385. The molecule has 0 bridgehead atoms. The van der Waals surface area contributed by atoms with Crippen LogP contribution < -0.4 is 5.32 Å². The first-order valence-electron chi connectivity index (χ1n) is 5.41. The number of carboxylic acid groups (broad SMARTS) is 1. The summed E-state index contributed by atoms with van der Waals surface area (Å²) in [6.07, 6.45) is 0. The van der Waals surface area contributed by atoms with E-state index in [1.165, 1.54) is 6.92 Å². The first kappa shape index (κ1) is 13.2. The molecule has 1 aromatic carbocycles. The second-order valence-electron chi connectivity index (χ2n) is 4.19. The van der Waals surface area contributed by atoms with Crippen LogP contribution in [0.3, 0.4) is 0 Å². The van der Waals surface area contributed by atoms with Crippen LogP contribution in [-0.4, -0.2) is 17.0 Å². The van der Waals surface area contributed by atoms with Gasteiger partial charge in [-0.3, -0.25) is 4.79 Å². The van der Waals surface area contributed by atoms with E-state index in [2.05, 4.69) is 5.32 Å². The summed E-state index contributed by atoms with van der Waals surface area (Å²) in [5.74, 6) is -1.40. The first-order chi connectivity index (χ1) is 7.84. The third-order valence-electron chi connectivity index (χ3n) is 3.01. The minimum atomic E-state index is -1.05. The fourth-order valence-electron chi connectivity index (χ4n) is 1.77. The third kappa shape index (κ3) is 2.84. The van der Waals surface area contributed by atoms with E-state index in [-0.39, 0.29) is 5.91 Å². The van der Waals surface area contributed by atoms with Crippen molar-refractivity contribution in [1.82, 2.24) is 5.32 Å². The van der Waals surface area contributed by atoms with Crippen molar-refractivity contribution in [3.8, 4) is 0 Å². The SMILES string of the molecule is CC(=O)NC(C(=O)O)c1ccc(C)c(C)c1C. The summed E-state index contributed by atoms with van der Waals surface area (Å²) in [4.78, 5) is 22.2. The van der Waals surface area contributed by atoms with Crippen molar-refractivity contribution in [1.29, 1.82) is 0 Å². The topological polar surface area (TPSA) is 66.4 Å². The molecule has 1 atom stereocenters. The van der Waals surface area contributed by atoms with Gasteiger partial charge in [0.25, 0.3) is 0 Å². The maximum atomic E-state index is 11.2. The number of carboxylic acids is 1. The molecule has 4 nitrogen and oxygen atoms in total. The number of aryl methyl sites for hydroxylation is 1. The largest absolute Gasteiger partial charge is 0.479 e. The average Bonchev–Trinajstić information content (AvgIpc) is 2.23. The molecule has 0 fully saturated rings. The second-order valence-corrected chi connectivity index (χ2v) is 4.19. The van der Waals surface area contributed by atoms with Crippen LogP contribution in [0.1, 0.15) is 35.2 Å². The van der Waals surface area contributed by atoms with E-state index in [9.17, 15) is 9.59 Å². The van der Waals surface area contributed by atoms with Crippen molar-refractivity contribution in [2.45, 2.75) is 33.7 Å². The van der Waals surface area contributed by atoms with Crippen LogP contribution in [0.4, 0.5) is 0 Å². The highest BCUT2D eigenvalue weighted by Gasteiger charge is 2.23. The number of aliphatic carboxylic acids is 1. The Morgan fingerprint density at radius 1 is 1.18 bits per heavy atom. The van der Waals surface area contributed by atoms with E-state index in [0.717, 1.165) is 16.7 Å². The van der Waals surface area contributed by atoms with Gasteiger partial charge in [-0.15, -0.1) is 0 Å². The molecule has 2 N–H and O–H groups in total. The molecule has 4 heteroatoms. The third-order valence-corrected chi connectivity index (χ3v) is 3.01. The quantitative estimate of drug-likeness (QED) is 0.840. The molecule has 1 unspecified atom stereocenters. The minimum Gasteiger partial charge on any atom is -0.479 e. The lowest BCUT2D eigenvalue weighted by molar-refractivity contribution is -0.141. The minimum absolute atomic E-state index is 0.352. The standard InChI is InChI=1S/C13H17NO3/c1-7-5-6-11(9(3)8(7)2)12(13(16)17)14-10(4)15/h5-6,12H,1-4H3,(H,14,15)(H,16,17). The molecule has 92 valence electrons. The van der Waals surface area contributed by atoms with Crippen molar-refractivity contribution in [2.75, 3.05) is 0 Å². The van der Waals surface area contributed by atoms with Gasteiger partial charge in [-0.2, -0.15) is 0 Å². The fourth-order valence-corrected chi connectivity index (χ4v) is 1.77. The molecule has 0 aliphatic heterocycles. The second kappa shape index (κ2) is 4.99. The predicted octanol–water partition coefficient (Wildman–Crippen LogP) is 1.87. The van der Waals surface area contributed by atoms with E-state index < -0.39 is 12.0 Å². The van der Waals surface area contributed by atoms with Gasteiger partial charge in [-0.1, -0.05) is 12.1 Å². The van der Waals surface area contributed by atoms with Crippen molar-refractivity contribution in [3.63, 3.8) is 0 Å². The maximum absolute atomic E-state index is 11.2. The van der Waals surface area contributed by atoms with Gasteiger partial charge in [0.1, 0.15) is 0 Å². The summed E-state index contributed by atoms with van der Waals surface area (Å²) in [5, 5.41) is 11.6. The van der Waals surface area contributed by atoms with Gasteiger partial charge >= 0.3 is 5.97 Å². The Balaban J connectivity index is 3.24. The van der Waals surface area contributed by atoms with E-state index in [1.807, 2.05) is 26.8 Å². The summed E-state index contributed by atoms with van der Waals surface area (Å²) < 4.78 is 0. The number of amides is 1. The number of benzene rings is 1. The van der Waals surface area contributed by atoms with E-state index >= 15 is 0 Å². The monoisotopic (exact) mass is 235 g/mol. The van der Waals surface area contributed by atoms with E-state index in [0.29, 0.717) is 5.56 Å². The molecule has 0 saturated carbocycles. The normalized spacial score (nSPS) is 12.0. The first-order valence-corrected chi connectivity index (χ1v) is 5.41. The van der Waals surface area contributed by atoms with Gasteiger partial charge in [-0.25, -0.2) is 4.79 Å². The number of carbonyl (C=O) groups is 2. The van der Waals surface area contributed by atoms with Crippen LogP contribution in [0, 0.1) is 20.8 Å². The number of hydrogen-bond donors (Lipinski definition) is 2. The molecule has 0 spiro atoms. The van der Waals surface area contributed by atoms with Crippen LogP contribution in [0.5, 0.6) is 0 Å². The van der Waals surface area contributed by atoms with Crippen molar-refractivity contribution < 1.29 is 14.7 Å². The lowest BCUT2D eigenvalue weighted by Crippen LogP contribution is -2.32. The van der Waals surface area contributed by atoms with Gasteiger partial charge in [0.05, 0.1) is 0 Å². The van der Waals surface area contributed by atoms with Gasteiger partial charge in [0.15, 0.2) is 6.04 Å². The van der Waals surface area contributed by atoms with Gasteiger partial charge < -0.3 is 10.4 Å². The number of carbonyl (C=O) groups excluding carboxylic acids is 1. The van der Waals surface area contributed by atoms with Crippen LogP contribution in [0.25, 0.3) is 0 Å². The molecule has 0 aromatic heterocycles. The predicted molar refractivity (Wildman–Crippen MR) is 64.8 cm³/mol. The molecular weight excluding hydrogens is 218 g/mol. The van der Waals surface area contributed by atoms with Crippen molar-refractivity contribution >= 4 is 11.9 Å². The molecule has 0 saturated heterocycles. The molecular formula is C13H17NO3. The zero-order chi connectivity index (χ0) is 13.2. The summed E-state index contributed by atoms with van der Waals surface area (Å²) >= 11 is 0. The molecule has 1 rings (SSSR count). The van der Waals surface area contributed by atoms with Crippen LogP contribution in [-0.2, 0) is 9.59 Å². The molecule has 1 amide bonds. The zero-order valence-corrected chi connectivity index (χ0v) is 10.5. The Morgan fingerprint density at radius 3 is 2.24 bits per heavy atom. The van der Waals surface area contributed by atoms with Crippen LogP contribution in [0.15, 0.2) is 12.1 Å². The Labute approximate surface area is 101 Å². The van der Waals surface area contributed by atoms with Crippen LogP contribution >= 0.6 is 0 Å². The number of nitrogens with one attached hydrogen (secondary N) is 1. The van der Waals surface area contributed by atoms with Crippen LogP contribution in [0.2, 0.25) is 0 Å². The summed E-state index contributed by atoms with van der Waals surface area (Å²) in [6.45, 7) is 7.10. The molecule has 17 heavy (non-hydrogen) atoms. The average molecular weight is 235 g/mol. The molecule has 0 aliphatic rings. The number of rotatable bonds is 3. The molecule has 0 heterocycles. The highest BCUT2D eigenvalue weighted by molar-refractivity contribution is 5.83. The van der Waals surface area contributed by atoms with E-state index in [4.69, 9.17) is 5.11 Å². The molecule has 1 aromatic rings. The van der Waals surface area contributed by atoms with Crippen molar-refractivity contribution in [2.24, 2.45) is 0 Å².